The van der Waals surface area contributed by atoms with Gasteiger partial charge in [-0.1, -0.05) is 19.1 Å². The average Bonchev–Trinajstić information content (AvgIpc) is 3.06. The highest BCUT2D eigenvalue weighted by Gasteiger charge is 2.36. The molecular weight excluding hydrogens is 395 g/mol. The minimum atomic E-state index is -4.62. The van der Waals surface area contributed by atoms with Crippen LogP contribution in [0, 0.1) is 5.92 Å². The minimum Gasteiger partial charge on any atom is -0.455 e. The van der Waals surface area contributed by atoms with Crippen molar-refractivity contribution >= 4 is 29.5 Å². The molecule has 1 aliphatic heterocycles. The third-order valence-corrected chi connectivity index (χ3v) is 4.16. The molecule has 1 heterocycles. The zero-order valence-corrected chi connectivity index (χ0v) is 15.5. The van der Waals surface area contributed by atoms with Crippen LogP contribution in [0.2, 0.25) is 0 Å². The van der Waals surface area contributed by atoms with E-state index < -0.39 is 43.2 Å². The second-order valence-electron chi connectivity index (χ2n) is 6.38. The summed E-state index contributed by atoms with van der Waals surface area (Å²) in [4.78, 5) is 48.4. The Kier molecular flexibility index (Phi) is 7.18. The number of alkyl halides is 3. The van der Waals surface area contributed by atoms with Crippen LogP contribution in [0.4, 0.5) is 23.7 Å². The van der Waals surface area contributed by atoms with Gasteiger partial charge in [-0.3, -0.25) is 19.7 Å². The number of imide groups is 1. The molecule has 0 saturated carbocycles. The summed E-state index contributed by atoms with van der Waals surface area (Å²) in [6, 6.07) is 5.95. The van der Waals surface area contributed by atoms with E-state index in [0.29, 0.717) is 5.69 Å². The molecule has 1 atom stereocenters. The number of ether oxygens (including phenoxy) is 1. The number of aryl methyl sites for hydroxylation is 1. The van der Waals surface area contributed by atoms with Gasteiger partial charge in [0.05, 0.1) is 5.92 Å². The number of carbonyl (C=O) groups is 4. The fourth-order valence-corrected chi connectivity index (χ4v) is 2.67. The molecule has 1 saturated heterocycles. The highest BCUT2D eigenvalue weighted by Crippen LogP contribution is 2.26. The van der Waals surface area contributed by atoms with Crippen LogP contribution in [0.1, 0.15) is 18.9 Å². The Bertz CT molecular complexity index is 780. The van der Waals surface area contributed by atoms with E-state index in [1.54, 1.807) is 17.4 Å². The van der Waals surface area contributed by atoms with Gasteiger partial charge in [0.1, 0.15) is 6.54 Å². The molecule has 0 aromatic heterocycles. The number of esters is 1. The Balaban J connectivity index is 1.80. The van der Waals surface area contributed by atoms with E-state index in [9.17, 15) is 32.3 Å². The van der Waals surface area contributed by atoms with E-state index in [1.165, 1.54) is 10.2 Å². The Hall–Kier alpha value is -3.11. The molecular formula is C18H20F3N3O5. The first-order chi connectivity index (χ1) is 13.6. The SMILES string of the molecule is CCc1ccc(N2C[C@H](C(=O)OCC(=O)NC(=O)NCC(F)(F)F)CC2=O)cc1. The van der Waals surface area contributed by atoms with Crippen molar-refractivity contribution in [2.45, 2.75) is 25.9 Å². The molecule has 1 aromatic rings. The maximum atomic E-state index is 12.2. The van der Waals surface area contributed by atoms with Gasteiger partial charge in [-0.25, -0.2) is 4.79 Å². The molecule has 2 N–H and O–H groups in total. The van der Waals surface area contributed by atoms with Crippen molar-refractivity contribution in [3.63, 3.8) is 0 Å². The van der Waals surface area contributed by atoms with Gasteiger partial charge >= 0.3 is 18.2 Å². The molecule has 0 unspecified atom stereocenters. The van der Waals surface area contributed by atoms with E-state index >= 15 is 0 Å². The van der Waals surface area contributed by atoms with Gasteiger partial charge in [-0.2, -0.15) is 13.2 Å². The van der Waals surface area contributed by atoms with Gasteiger partial charge in [0, 0.05) is 18.7 Å². The molecule has 0 radical (unpaired) electrons. The van der Waals surface area contributed by atoms with Crippen LogP contribution in [0.25, 0.3) is 0 Å². The summed E-state index contributed by atoms with van der Waals surface area (Å²) in [6.45, 7) is -0.381. The largest absolute Gasteiger partial charge is 0.455 e. The molecule has 1 fully saturated rings. The Morgan fingerprint density at radius 2 is 1.86 bits per heavy atom. The van der Waals surface area contributed by atoms with Crippen LogP contribution < -0.4 is 15.5 Å². The predicted octanol–water partition coefficient (Wildman–Crippen LogP) is 1.53. The second-order valence-corrected chi connectivity index (χ2v) is 6.38. The van der Waals surface area contributed by atoms with Gasteiger partial charge in [-0.05, 0) is 24.1 Å². The van der Waals surface area contributed by atoms with Crippen molar-refractivity contribution < 1.29 is 37.1 Å². The Morgan fingerprint density at radius 1 is 1.21 bits per heavy atom. The topological polar surface area (TPSA) is 105 Å². The van der Waals surface area contributed by atoms with Gasteiger partial charge in [0.25, 0.3) is 5.91 Å². The number of hydrogen-bond donors (Lipinski definition) is 2. The van der Waals surface area contributed by atoms with Crippen molar-refractivity contribution in [2.24, 2.45) is 5.92 Å². The molecule has 0 aliphatic carbocycles. The van der Waals surface area contributed by atoms with E-state index in [1.807, 2.05) is 19.1 Å². The molecule has 158 valence electrons. The van der Waals surface area contributed by atoms with Gasteiger partial charge in [0.15, 0.2) is 6.61 Å². The second kappa shape index (κ2) is 9.39. The predicted molar refractivity (Wildman–Crippen MR) is 94.8 cm³/mol. The molecule has 2 rings (SSSR count). The van der Waals surface area contributed by atoms with Crippen LogP contribution in [0.3, 0.4) is 0 Å². The van der Waals surface area contributed by atoms with Gasteiger partial charge in [0.2, 0.25) is 5.91 Å². The summed E-state index contributed by atoms with van der Waals surface area (Å²) >= 11 is 0. The standard InChI is InChI=1S/C18H20F3N3O5/c1-2-11-3-5-13(6-4-11)24-8-12(7-15(24)26)16(27)29-9-14(25)23-17(28)22-10-18(19,20)21/h3-6,12H,2,7-10H2,1H3,(H2,22,23,25,28)/t12-/m1/s1. The first-order valence-electron chi connectivity index (χ1n) is 8.79. The van der Waals surface area contributed by atoms with Crippen LogP contribution in [0.15, 0.2) is 24.3 Å². The number of nitrogens with zero attached hydrogens (tertiary/aromatic N) is 1. The number of anilines is 1. The number of carbonyl (C=O) groups excluding carboxylic acids is 4. The zero-order chi connectivity index (χ0) is 21.6. The van der Waals surface area contributed by atoms with Crippen LogP contribution in [-0.4, -0.2) is 49.7 Å². The molecule has 4 amide bonds. The molecule has 0 bridgehead atoms. The lowest BCUT2D eigenvalue weighted by Crippen LogP contribution is -2.44. The number of benzene rings is 1. The summed E-state index contributed by atoms with van der Waals surface area (Å²) in [6.07, 6.45) is -3.87. The number of rotatable bonds is 6. The summed E-state index contributed by atoms with van der Waals surface area (Å²) < 4.78 is 40.7. The summed E-state index contributed by atoms with van der Waals surface area (Å²) in [5, 5.41) is 3.06. The maximum absolute atomic E-state index is 12.2. The number of halogens is 3. The maximum Gasteiger partial charge on any atom is 0.405 e. The van der Waals surface area contributed by atoms with Crippen molar-refractivity contribution in [1.82, 2.24) is 10.6 Å². The number of amides is 4. The smallest absolute Gasteiger partial charge is 0.405 e. The average molecular weight is 415 g/mol. The minimum absolute atomic E-state index is 0.0802. The van der Waals surface area contributed by atoms with Crippen LogP contribution in [-0.2, 0) is 25.5 Å². The Morgan fingerprint density at radius 3 is 2.45 bits per heavy atom. The lowest BCUT2D eigenvalue weighted by atomic mass is 10.1. The van der Waals surface area contributed by atoms with Gasteiger partial charge in [-0.15, -0.1) is 0 Å². The summed E-state index contributed by atoms with van der Waals surface area (Å²) in [5.74, 6) is -2.96. The van der Waals surface area contributed by atoms with E-state index in [-0.39, 0.29) is 18.9 Å². The van der Waals surface area contributed by atoms with Crippen LogP contribution in [0.5, 0.6) is 0 Å². The van der Waals surface area contributed by atoms with Crippen molar-refractivity contribution in [1.29, 1.82) is 0 Å². The number of hydrogen-bond acceptors (Lipinski definition) is 5. The fraction of sp³-hybridized carbons (Fsp3) is 0.444. The van der Waals surface area contributed by atoms with E-state index in [4.69, 9.17) is 4.74 Å². The van der Waals surface area contributed by atoms with Crippen molar-refractivity contribution in [3.05, 3.63) is 29.8 Å². The molecule has 0 spiro atoms. The fourth-order valence-electron chi connectivity index (χ4n) is 2.67. The van der Waals surface area contributed by atoms with Crippen molar-refractivity contribution in [2.75, 3.05) is 24.6 Å². The molecule has 29 heavy (non-hydrogen) atoms. The highest BCUT2D eigenvalue weighted by molar-refractivity contribution is 6.00. The monoisotopic (exact) mass is 415 g/mol. The third-order valence-electron chi connectivity index (χ3n) is 4.16. The lowest BCUT2D eigenvalue weighted by molar-refractivity contribution is -0.152. The van der Waals surface area contributed by atoms with Crippen LogP contribution >= 0.6 is 0 Å². The Labute approximate surface area is 164 Å². The van der Waals surface area contributed by atoms with E-state index in [2.05, 4.69) is 0 Å². The zero-order valence-electron chi connectivity index (χ0n) is 15.5. The van der Waals surface area contributed by atoms with Gasteiger partial charge < -0.3 is 15.0 Å². The summed E-state index contributed by atoms with van der Waals surface area (Å²) in [5.41, 5.74) is 1.74. The van der Waals surface area contributed by atoms with E-state index in [0.717, 1.165) is 12.0 Å². The highest BCUT2D eigenvalue weighted by atomic mass is 19.4. The molecule has 8 nitrogen and oxygen atoms in total. The number of nitrogens with one attached hydrogen (secondary N) is 2. The molecule has 11 heteroatoms. The quantitative estimate of drug-likeness (QED) is 0.686. The first kappa shape index (κ1) is 22.2. The summed E-state index contributed by atoms with van der Waals surface area (Å²) in [7, 11) is 0. The third kappa shape index (κ3) is 6.77. The normalized spacial score (nSPS) is 16.5. The first-order valence-corrected chi connectivity index (χ1v) is 8.79. The van der Waals surface area contributed by atoms with Crippen molar-refractivity contribution in [3.8, 4) is 0 Å². The lowest BCUT2D eigenvalue weighted by Gasteiger charge is -2.17. The molecule has 1 aromatic carbocycles. The number of urea groups is 1. The molecule has 1 aliphatic rings.